The maximum atomic E-state index is 13.0. The van der Waals surface area contributed by atoms with E-state index in [1.54, 1.807) is 38.6 Å². The number of primary amides is 1. The smallest absolute Gasteiger partial charge is 0.246 e. The highest BCUT2D eigenvalue weighted by molar-refractivity contribution is 6.02. The van der Waals surface area contributed by atoms with E-state index in [2.05, 4.69) is 0 Å². The molecular weight excluding hydrogens is 460 g/mol. The third-order valence-electron chi connectivity index (χ3n) is 6.92. The van der Waals surface area contributed by atoms with E-state index < -0.39 is 0 Å². The van der Waals surface area contributed by atoms with Crippen LogP contribution in [0.25, 0.3) is 27.7 Å². The van der Waals surface area contributed by atoms with Gasteiger partial charge in [-0.05, 0) is 56.5 Å². The Kier molecular flexibility index (Phi) is 7.24. The second kappa shape index (κ2) is 10.4. The summed E-state index contributed by atoms with van der Waals surface area (Å²) in [5, 5.41) is 0.873. The third-order valence-corrected chi connectivity index (χ3v) is 6.92. The van der Waals surface area contributed by atoms with E-state index in [1.165, 1.54) is 0 Å². The van der Waals surface area contributed by atoms with Crippen molar-refractivity contribution in [2.24, 2.45) is 11.7 Å². The monoisotopic (exact) mass is 492 g/mol. The Bertz CT molecular complexity index is 1330. The van der Waals surface area contributed by atoms with Crippen molar-refractivity contribution < 1.29 is 28.2 Å². The van der Waals surface area contributed by atoms with Gasteiger partial charge in [-0.25, -0.2) is 0 Å². The standard InChI is InChI=1S/C28H32N2O6/c1-16(12-25(31)30-10-8-18(9-11-30)28(29)32)20-14-22-23(15-36-27(22)17(2)26(20)35-5)21-13-19(33-3)6-7-24(21)34-4/h6-7,12-15,18H,8-11H2,1-5H3,(H2,29,32)/b16-12+. The van der Waals surface area contributed by atoms with Crippen LogP contribution in [0.4, 0.5) is 0 Å². The Hall–Kier alpha value is -3.94. The molecule has 0 saturated carbocycles. The van der Waals surface area contributed by atoms with Crippen LogP contribution < -0.4 is 19.9 Å². The molecule has 190 valence electrons. The van der Waals surface area contributed by atoms with Gasteiger partial charge < -0.3 is 29.3 Å². The highest BCUT2D eigenvalue weighted by Crippen LogP contribution is 2.43. The second-order valence-corrected chi connectivity index (χ2v) is 9.00. The quantitative estimate of drug-likeness (QED) is 0.485. The minimum absolute atomic E-state index is 0.0999. The van der Waals surface area contributed by atoms with Gasteiger partial charge in [0, 0.05) is 52.7 Å². The molecule has 2 amide bonds. The van der Waals surface area contributed by atoms with Crippen LogP contribution in [0.2, 0.25) is 0 Å². The number of carbonyl (C=O) groups is 2. The number of hydrogen-bond donors (Lipinski definition) is 1. The van der Waals surface area contributed by atoms with Crippen LogP contribution in [0.3, 0.4) is 0 Å². The topological polar surface area (TPSA) is 104 Å². The molecule has 1 aromatic heterocycles. The molecule has 1 aliphatic rings. The van der Waals surface area contributed by atoms with E-state index in [1.807, 2.05) is 38.1 Å². The summed E-state index contributed by atoms with van der Waals surface area (Å²) in [5.41, 5.74) is 10.2. The number of hydrogen-bond acceptors (Lipinski definition) is 6. The number of benzene rings is 2. The van der Waals surface area contributed by atoms with E-state index >= 15 is 0 Å². The molecule has 0 bridgehead atoms. The van der Waals surface area contributed by atoms with Gasteiger partial charge in [-0.1, -0.05) is 0 Å². The summed E-state index contributed by atoms with van der Waals surface area (Å²) in [7, 11) is 4.85. The molecule has 2 N–H and O–H groups in total. The minimum Gasteiger partial charge on any atom is -0.497 e. The number of piperidine rings is 1. The molecule has 2 heterocycles. The normalized spacial score (nSPS) is 14.7. The zero-order valence-corrected chi connectivity index (χ0v) is 21.3. The average molecular weight is 493 g/mol. The van der Waals surface area contributed by atoms with Crippen molar-refractivity contribution in [2.45, 2.75) is 26.7 Å². The number of carbonyl (C=O) groups excluding carboxylic acids is 2. The average Bonchev–Trinajstić information content (AvgIpc) is 3.32. The molecule has 0 unspecified atom stereocenters. The van der Waals surface area contributed by atoms with Crippen molar-refractivity contribution in [3.05, 3.63) is 47.7 Å². The SMILES string of the molecule is COc1ccc(OC)c(-c2coc3c(C)c(OC)c(/C(C)=C/C(=O)N4CCC(C(N)=O)CC4)cc23)c1. The van der Waals surface area contributed by atoms with E-state index in [-0.39, 0.29) is 17.7 Å². The van der Waals surface area contributed by atoms with Gasteiger partial charge in [0.25, 0.3) is 0 Å². The maximum Gasteiger partial charge on any atom is 0.246 e. The molecule has 0 aliphatic carbocycles. The Morgan fingerprint density at radius 2 is 1.78 bits per heavy atom. The predicted octanol–water partition coefficient (Wildman–Crippen LogP) is 4.56. The van der Waals surface area contributed by atoms with Gasteiger partial charge in [0.05, 0.1) is 27.6 Å². The first-order valence-electron chi connectivity index (χ1n) is 11.9. The van der Waals surface area contributed by atoms with Gasteiger partial charge in [0.15, 0.2) is 0 Å². The van der Waals surface area contributed by atoms with Gasteiger partial charge in [-0.3, -0.25) is 9.59 Å². The van der Waals surface area contributed by atoms with Crippen molar-refractivity contribution in [1.82, 2.24) is 4.90 Å². The van der Waals surface area contributed by atoms with Crippen LogP contribution in [0, 0.1) is 12.8 Å². The number of aryl methyl sites for hydroxylation is 1. The van der Waals surface area contributed by atoms with Crippen LogP contribution >= 0.6 is 0 Å². The molecule has 1 fully saturated rings. The number of methoxy groups -OCH3 is 3. The lowest BCUT2D eigenvalue weighted by Crippen LogP contribution is -2.41. The fourth-order valence-electron chi connectivity index (χ4n) is 4.84. The van der Waals surface area contributed by atoms with E-state index in [0.29, 0.717) is 48.8 Å². The first-order chi connectivity index (χ1) is 17.3. The number of allylic oxidation sites excluding steroid dienone is 1. The van der Waals surface area contributed by atoms with Gasteiger partial charge in [0.2, 0.25) is 11.8 Å². The third kappa shape index (κ3) is 4.63. The van der Waals surface area contributed by atoms with Crippen molar-refractivity contribution in [2.75, 3.05) is 34.4 Å². The van der Waals surface area contributed by atoms with Crippen LogP contribution in [0.15, 0.2) is 41.0 Å². The zero-order valence-electron chi connectivity index (χ0n) is 21.3. The van der Waals surface area contributed by atoms with Crippen molar-refractivity contribution >= 4 is 28.4 Å². The summed E-state index contributed by atoms with van der Waals surface area (Å²) < 4.78 is 22.8. The minimum atomic E-state index is -0.300. The van der Waals surface area contributed by atoms with Crippen LogP contribution in [-0.4, -0.2) is 51.1 Å². The number of nitrogens with two attached hydrogens (primary N) is 1. The van der Waals surface area contributed by atoms with Gasteiger partial charge in [-0.2, -0.15) is 0 Å². The fourth-order valence-corrected chi connectivity index (χ4v) is 4.84. The summed E-state index contributed by atoms with van der Waals surface area (Å²) in [6, 6.07) is 7.59. The number of rotatable bonds is 7. The molecule has 8 heteroatoms. The zero-order chi connectivity index (χ0) is 26.0. The van der Waals surface area contributed by atoms with Gasteiger partial charge in [0.1, 0.15) is 22.8 Å². The number of ether oxygens (including phenoxy) is 3. The number of likely N-dealkylation sites (tertiary alicyclic amines) is 1. The van der Waals surface area contributed by atoms with Crippen LogP contribution in [0.5, 0.6) is 17.2 Å². The lowest BCUT2D eigenvalue weighted by atomic mass is 9.95. The largest absolute Gasteiger partial charge is 0.497 e. The number of furan rings is 1. The number of fused-ring (bicyclic) bond motifs is 1. The highest BCUT2D eigenvalue weighted by Gasteiger charge is 2.26. The molecule has 0 spiro atoms. The summed E-state index contributed by atoms with van der Waals surface area (Å²) >= 11 is 0. The Balaban J connectivity index is 1.75. The molecule has 1 aliphatic heterocycles. The molecule has 0 atom stereocenters. The Labute approximate surface area is 210 Å². The lowest BCUT2D eigenvalue weighted by Gasteiger charge is -2.30. The van der Waals surface area contributed by atoms with Crippen LogP contribution in [0.1, 0.15) is 30.9 Å². The Morgan fingerprint density at radius 3 is 2.39 bits per heavy atom. The van der Waals surface area contributed by atoms with Crippen molar-refractivity contribution in [3.8, 4) is 28.4 Å². The highest BCUT2D eigenvalue weighted by atomic mass is 16.5. The lowest BCUT2D eigenvalue weighted by molar-refractivity contribution is -0.130. The van der Waals surface area contributed by atoms with E-state index in [0.717, 1.165) is 33.2 Å². The first kappa shape index (κ1) is 25.2. The molecule has 2 aromatic carbocycles. The Morgan fingerprint density at radius 1 is 1.06 bits per heavy atom. The second-order valence-electron chi connectivity index (χ2n) is 9.00. The molecule has 36 heavy (non-hydrogen) atoms. The molecule has 1 saturated heterocycles. The first-order valence-corrected chi connectivity index (χ1v) is 11.9. The molecule has 8 nitrogen and oxygen atoms in total. The van der Waals surface area contributed by atoms with Crippen molar-refractivity contribution in [3.63, 3.8) is 0 Å². The molecule has 4 rings (SSSR count). The molecule has 3 aromatic rings. The van der Waals surface area contributed by atoms with Crippen LogP contribution in [-0.2, 0) is 9.59 Å². The molecule has 0 radical (unpaired) electrons. The summed E-state index contributed by atoms with van der Waals surface area (Å²) in [5.74, 6) is 1.47. The fraction of sp³-hybridized carbons (Fsp3) is 0.357. The predicted molar refractivity (Wildman–Crippen MR) is 138 cm³/mol. The summed E-state index contributed by atoms with van der Waals surface area (Å²) in [4.78, 5) is 26.3. The summed E-state index contributed by atoms with van der Waals surface area (Å²) in [6.45, 7) is 4.84. The van der Waals surface area contributed by atoms with E-state index in [9.17, 15) is 9.59 Å². The molecular formula is C28H32N2O6. The maximum absolute atomic E-state index is 13.0. The van der Waals surface area contributed by atoms with Gasteiger partial charge >= 0.3 is 0 Å². The number of amides is 2. The summed E-state index contributed by atoms with van der Waals surface area (Å²) in [6.07, 6.45) is 4.50. The van der Waals surface area contributed by atoms with E-state index in [4.69, 9.17) is 24.4 Å². The number of nitrogens with zero attached hydrogens (tertiary/aromatic N) is 1. The van der Waals surface area contributed by atoms with Crippen molar-refractivity contribution in [1.29, 1.82) is 0 Å². The van der Waals surface area contributed by atoms with Gasteiger partial charge in [-0.15, -0.1) is 0 Å².